The van der Waals surface area contributed by atoms with Crippen molar-refractivity contribution in [2.75, 3.05) is 26.9 Å². The van der Waals surface area contributed by atoms with Gasteiger partial charge in [0.2, 0.25) is 0 Å². The number of imidazole rings is 1. The number of hydrogen-bond acceptors (Lipinski definition) is 5. The van der Waals surface area contributed by atoms with Crippen LogP contribution in [0.3, 0.4) is 0 Å². The van der Waals surface area contributed by atoms with Crippen molar-refractivity contribution in [3.63, 3.8) is 0 Å². The molecule has 1 fully saturated rings. The van der Waals surface area contributed by atoms with Gasteiger partial charge in [0.05, 0.1) is 35.6 Å². The van der Waals surface area contributed by atoms with Crippen LogP contribution in [0.4, 0.5) is 4.39 Å². The topological polar surface area (TPSA) is 91.2 Å². The number of rotatable bonds is 7. The number of carbonyl (C=O) groups excluding carboxylic acids is 1. The number of carbonyl (C=O) groups is 1. The molecule has 1 aliphatic heterocycles. The summed E-state index contributed by atoms with van der Waals surface area (Å²) in [6, 6.07) is 9.46. The Hall–Kier alpha value is -3.46. The summed E-state index contributed by atoms with van der Waals surface area (Å²) in [5, 5.41) is 1.13. The second-order valence-electron chi connectivity index (χ2n) is 9.74. The van der Waals surface area contributed by atoms with Crippen LogP contribution in [0.25, 0.3) is 33.6 Å². The summed E-state index contributed by atoms with van der Waals surface area (Å²) in [6.07, 6.45) is 3.09. The minimum atomic E-state index is -0.675. The summed E-state index contributed by atoms with van der Waals surface area (Å²) >= 11 is 0. The highest BCUT2D eigenvalue weighted by Gasteiger charge is 2.29. The number of alkyl halides is 1. The Labute approximate surface area is 202 Å². The standard InChI is InChI=1S/C26H29FN6O2/c1-31-24-21(11-19-20(29-24)7-8-32(26(19)34)14-17(28)12-27)30-25(31)23-9-16-5-6-18(35-2)10-22(16)33(23)13-15-3-4-15/h5-6,9-11,15,17H,3-4,7-8,12-14,28H2,1-2H3/t17-/m1/s1. The summed E-state index contributed by atoms with van der Waals surface area (Å²) < 4.78 is 22.8. The van der Waals surface area contributed by atoms with E-state index in [4.69, 9.17) is 20.4 Å². The van der Waals surface area contributed by atoms with Gasteiger partial charge in [-0.2, -0.15) is 0 Å². The molecule has 4 heterocycles. The van der Waals surface area contributed by atoms with Crippen molar-refractivity contribution in [3.05, 3.63) is 41.6 Å². The van der Waals surface area contributed by atoms with Crippen LogP contribution in [-0.2, 0) is 20.0 Å². The molecule has 35 heavy (non-hydrogen) atoms. The van der Waals surface area contributed by atoms with E-state index < -0.39 is 12.7 Å². The van der Waals surface area contributed by atoms with E-state index in [-0.39, 0.29) is 12.5 Å². The van der Waals surface area contributed by atoms with Gasteiger partial charge in [0.1, 0.15) is 17.9 Å². The van der Waals surface area contributed by atoms with Gasteiger partial charge in [-0.25, -0.2) is 14.4 Å². The SMILES string of the molecule is COc1ccc2cc(-c3nc4cc5c(nc4n3C)CCN(C[C@H](N)CF)C5=O)n(CC3CC3)c2c1. The molecule has 1 saturated carbocycles. The number of aryl methyl sites for hydroxylation is 1. The largest absolute Gasteiger partial charge is 0.497 e. The smallest absolute Gasteiger partial charge is 0.255 e. The van der Waals surface area contributed by atoms with E-state index in [1.54, 1.807) is 12.0 Å². The van der Waals surface area contributed by atoms with Gasteiger partial charge in [-0.05, 0) is 43.0 Å². The van der Waals surface area contributed by atoms with Gasteiger partial charge in [0.25, 0.3) is 5.91 Å². The first-order valence-corrected chi connectivity index (χ1v) is 12.1. The number of benzene rings is 1. The van der Waals surface area contributed by atoms with Crippen molar-refractivity contribution in [3.8, 4) is 17.3 Å². The fourth-order valence-electron chi connectivity index (χ4n) is 5.07. The first-order chi connectivity index (χ1) is 17.0. The molecule has 8 nitrogen and oxygen atoms in total. The average Bonchev–Trinajstić information content (AvgIpc) is 3.55. The molecule has 2 N–H and O–H groups in total. The fraction of sp³-hybridized carbons (Fsp3) is 0.423. The second-order valence-corrected chi connectivity index (χ2v) is 9.74. The molecule has 0 radical (unpaired) electrons. The number of nitrogens with two attached hydrogens (primary N) is 1. The zero-order valence-electron chi connectivity index (χ0n) is 20.0. The van der Waals surface area contributed by atoms with Crippen molar-refractivity contribution >= 4 is 28.0 Å². The number of hydrogen-bond donors (Lipinski definition) is 1. The summed E-state index contributed by atoms with van der Waals surface area (Å²) in [6.45, 7) is 0.963. The minimum absolute atomic E-state index is 0.160. The summed E-state index contributed by atoms with van der Waals surface area (Å²) in [7, 11) is 3.66. The van der Waals surface area contributed by atoms with Gasteiger partial charge in [0, 0.05) is 44.6 Å². The van der Waals surface area contributed by atoms with Gasteiger partial charge in [-0.15, -0.1) is 0 Å². The lowest BCUT2D eigenvalue weighted by Crippen LogP contribution is -2.45. The van der Waals surface area contributed by atoms with Crippen LogP contribution < -0.4 is 10.5 Å². The van der Waals surface area contributed by atoms with E-state index in [2.05, 4.69) is 22.8 Å². The van der Waals surface area contributed by atoms with Crippen molar-refractivity contribution in [2.24, 2.45) is 18.7 Å². The number of aromatic nitrogens is 4. The van der Waals surface area contributed by atoms with Gasteiger partial charge in [-0.1, -0.05) is 0 Å². The molecular weight excluding hydrogens is 447 g/mol. The zero-order valence-corrected chi connectivity index (χ0v) is 20.0. The fourth-order valence-corrected chi connectivity index (χ4v) is 5.07. The maximum absolute atomic E-state index is 13.1. The van der Waals surface area contributed by atoms with Gasteiger partial charge in [0.15, 0.2) is 11.5 Å². The second kappa shape index (κ2) is 8.34. The predicted octanol–water partition coefficient (Wildman–Crippen LogP) is 3.30. The molecule has 2 aliphatic rings. The van der Waals surface area contributed by atoms with Crippen LogP contribution in [0, 0.1) is 5.92 Å². The Morgan fingerprint density at radius 3 is 2.80 bits per heavy atom. The number of halogens is 1. The van der Waals surface area contributed by atoms with E-state index in [1.165, 1.54) is 12.8 Å². The number of amides is 1. The molecule has 6 rings (SSSR count). The monoisotopic (exact) mass is 476 g/mol. The molecule has 1 aromatic carbocycles. The Morgan fingerprint density at radius 1 is 1.23 bits per heavy atom. The van der Waals surface area contributed by atoms with Crippen molar-refractivity contribution in [1.82, 2.24) is 24.0 Å². The highest BCUT2D eigenvalue weighted by atomic mass is 19.1. The third kappa shape index (κ3) is 3.74. The molecule has 9 heteroatoms. The lowest BCUT2D eigenvalue weighted by atomic mass is 10.0. The zero-order chi connectivity index (χ0) is 24.3. The van der Waals surface area contributed by atoms with E-state index in [9.17, 15) is 9.18 Å². The van der Waals surface area contributed by atoms with Crippen LogP contribution in [0.1, 0.15) is 28.9 Å². The Kier molecular flexibility index (Phi) is 5.25. The number of fused-ring (bicyclic) bond motifs is 3. The average molecular weight is 477 g/mol. The molecule has 4 aromatic rings. The molecule has 0 bridgehead atoms. The Morgan fingerprint density at radius 2 is 2.06 bits per heavy atom. The molecule has 3 aromatic heterocycles. The third-order valence-corrected chi connectivity index (χ3v) is 7.19. The molecule has 182 valence electrons. The molecular formula is C26H29FN6O2. The summed E-state index contributed by atoms with van der Waals surface area (Å²) in [5.74, 6) is 2.16. The molecule has 0 spiro atoms. The maximum atomic E-state index is 13.1. The normalized spacial score (nSPS) is 16.8. The van der Waals surface area contributed by atoms with Crippen LogP contribution in [0.5, 0.6) is 5.75 Å². The quantitative estimate of drug-likeness (QED) is 0.442. The van der Waals surface area contributed by atoms with Crippen molar-refractivity contribution in [2.45, 2.75) is 31.8 Å². The highest BCUT2D eigenvalue weighted by Crippen LogP contribution is 2.37. The van der Waals surface area contributed by atoms with Crippen LogP contribution in [0.2, 0.25) is 0 Å². The molecule has 1 aliphatic carbocycles. The van der Waals surface area contributed by atoms with Crippen molar-refractivity contribution in [1.29, 1.82) is 0 Å². The minimum Gasteiger partial charge on any atom is -0.497 e. The first kappa shape index (κ1) is 22.0. The van der Waals surface area contributed by atoms with Crippen LogP contribution in [-0.4, -0.2) is 62.8 Å². The van der Waals surface area contributed by atoms with E-state index in [1.807, 2.05) is 23.7 Å². The summed E-state index contributed by atoms with van der Waals surface area (Å²) in [5.41, 5.74) is 10.6. The Balaban J connectivity index is 1.45. The van der Waals surface area contributed by atoms with Gasteiger partial charge < -0.3 is 24.5 Å². The van der Waals surface area contributed by atoms with Gasteiger partial charge >= 0.3 is 0 Å². The lowest BCUT2D eigenvalue weighted by Gasteiger charge is -2.29. The van der Waals surface area contributed by atoms with Gasteiger partial charge in [-0.3, -0.25) is 4.79 Å². The van der Waals surface area contributed by atoms with Crippen LogP contribution in [0.15, 0.2) is 30.3 Å². The number of ether oxygens (including phenoxy) is 1. The molecule has 1 amide bonds. The van der Waals surface area contributed by atoms with E-state index in [0.717, 1.165) is 46.1 Å². The molecule has 0 saturated heterocycles. The first-order valence-electron chi connectivity index (χ1n) is 12.1. The highest BCUT2D eigenvalue weighted by molar-refractivity contribution is 5.99. The summed E-state index contributed by atoms with van der Waals surface area (Å²) in [4.78, 5) is 24.5. The van der Waals surface area contributed by atoms with Crippen molar-refractivity contribution < 1.29 is 13.9 Å². The number of pyridine rings is 1. The molecule has 0 unspecified atom stereocenters. The maximum Gasteiger partial charge on any atom is 0.255 e. The number of nitrogens with zero attached hydrogens (tertiary/aromatic N) is 5. The number of methoxy groups -OCH3 is 1. The van der Waals surface area contributed by atoms with Crippen LogP contribution >= 0.6 is 0 Å². The molecule has 1 atom stereocenters. The predicted molar refractivity (Wildman–Crippen MR) is 132 cm³/mol. The lowest BCUT2D eigenvalue weighted by molar-refractivity contribution is 0.0723. The third-order valence-electron chi connectivity index (χ3n) is 7.19. The van der Waals surface area contributed by atoms with E-state index in [0.29, 0.717) is 30.0 Å². The van der Waals surface area contributed by atoms with E-state index >= 15 is 0 Å². The Bertz CT molecular complexity index is 1450.